The summed E-state index contributed by atoms with van der Waals surface area (Å²) >= 11 is 0. The minimum absolute atomic E-state index is 0. The second kappa shape index (κ2) is 11.1. The Labute approximate surface area is 206 Å². The molecule has 3 heterocycles. The highest BCUT2D eigenvalue weighted by molar-refractivity contribution is 5.92. The van der Waals surface area contributed by atoms with Crippen LogP contribution in [0.5, 0.6) is 11.5 Å². The second-order valence-electron chi connectivity index (χ2n) is 8.62. The van der Waals surface area contributed by atoms with Crippen LogP contribution in [0, 0.1) is 0 Å². The van der Waals surface area contributed by atoms with Crippen molar-refractivity contribution in [3.05, 3.63) is 54.7 Å². The van der Waals surface area contributed by atoms with Crippen molar-refractivity contribution in [3.63, 3.8) is 0 Å². The zero-order valence-electron chi connectivity index (χ0n) is 19.4. The van der Waals surface area contributed by atoms with E-state index in [0.29, 0.717) is 13.2 Å². The van der Waals surface area contributed by atoms with Gasteiger partial charge in [0.15, 0.2) is 5.75 Å². The number of nitrogens with zero attached hydrogens (tertiary/aromatic N) is 2. The Morgan fingerprint density at radius 2 is 1.88 bits per heavy atom. The molecule has 0 N–H and O–H groups in total. The molecule has 1 aromatic heterocycles. The second-order valence-corrected chi connectivity index (χ2v) is 8.62. The molecular formula is C27H31ClN2O4. The molecule has 0 radical (unpaired) electrons. The van der Waals surface area contributed by atoms with Crippen molar-refractivity contribution in [2.75, 3.05) is 26.3 Å². The molecule has 3 aromatic rings. The van der Waals surface area contributed by atoms with Gasteiger partial charge in [0.1, 0.15) is 23.5 Å². The molecule has 1 atom stereocenters. The summed E-state index contributed by atoms with van der Waals surface area (Å²) in [6, 6.07) is 16.3. The lowest BCUT2D eigenvalue weighted by atomic mass is 10.0. The predicted octanol–water partition coefficient (Wildman–Crippen LogP) is 5.27. The molecule has 2 fully saturated rings. The summed E-state index contributed by atoms with van der Waals surface area (Å²) in [5, 5.41) is 1.06. The van der Waals surface area contributed by atoms with Gasteiger partial charge >= 0.3 is 0 Å². The number of rotatable bonds is 6. The smallest absolute Gasteiger partial charge is 0.251 e. The van der Waals surface area contributed by atoms with E-state index in [2.05, 4.69) is 29.2 Å². The molecule has 0 saturated carbocycles. The van der Waals surface area contributed by atoms with E-state index in [9.17, 15) is 4.79 Å². The molecule has 1 amide bonds. The fraction of sp³-hybridized carbons (Fsp3) is 0.407. The zero-order valence-corrected chi connectivity index (χ0v) is 20.3. The van der Waals surface area contributed by atoms with E-state index in [-0.39, 0.29) is 30.5 Å². The van der Waals surface area contributed by atoms with Gasteiger partial charge in [-0.3, -0.25) is 9.78 Å². The van der Waals surface area contributed by atoms with Crippen LogP contribution in [0.3, 0.4) is 0 Å². The van der Waals surface area contributed by atoms with E-state index in [0.717, 1.165) is 72.3 Å². The molecular weight excluding hydrogens is 452 g/mol. The van der Waals surface area contributed by atoms with E-state index in [1.807, 2.05) is 36.1 Å². The van der Waals surface area contributed by atoms with Gasteiger partial charge in [0, 0.05) is 49.7 Å². The number of benzene rings is 2. The maximum Gasteiger partial charge on any atom is 0.251 e. The van der Waals surface area contributed by atoms with Crippen molar-refractivity contribution in [2.24, 2.45) is 0 Å². The molecule has 2 aliphatic heterocycles. The third-order valence-electron chi connectivity index (χ3n) is 6.44. The van der Waals surface area contributed by atoms with Crippen molar-refractivity contribution >= 4 is 29.2 Å². The number of ether oxygens (including phenoxy) is 3. The first kappa shape index (κ1) is 24.3. The highest BCUT2D eigenvalue weighted by Gasteiger charge is 2.31. The first-order chi connectivity index (χ1) is 16.2. The van der Waals surface area contributed by atoms with Crippen LogP contribution < -0.4 is 9.47 Å². The van der Waals surface area contributed by atoms with Gasteiger partial charge in [-0.15, -0.1) is 12.4 Å². The average molecular weight is 483 g/mol. The van der Waals surface area contributed by atoms with E-state index in [1.165, 1.54) is 0 Å². The third kappa shape index (κ3) is 5.13. The summed E-state index contributed by atoms with van der Waals surface area (Å²) in [7, 11) is 0. The molecule has 7 heteroatoms. The van der Waals surface area contributed by atoms with Gasteiger partial charge in [-0.25, -0.2) is 0 Å². The summed E-state index contributed by atoms with van der Waals surface area (Å²) in [6.07, 6.45) is 5.18. The van der Waals surface area contributed by atoms with Crippen LogP contribution in [0.1, 0.15) is 32.6 Å². The highest BCUT2D eigenvalue weighted by atomic mass is 35.5. The predicted molar refractivity (Wildman–Crippen MR) is 135 cm³/mol. The molecule has 2 saturated heterocycles. The molecule has 5 rings (SSSR count). The van der Waals surface area contributed by atoms with E-state index in [1.54, 1.807) is 6.20 Å². The monoisotopic (exact) mass is 482 g/mol. The molecule has 0 aliphatic carbocycles. The van der Waals surface area contributed by atoms with Crippen LogP contribution in [0.4, 0.5) is 0 Å². The molecule has 0 bridgehead atoms. The molecule has 2 aromatic carbocycles. The number of hydrogen-bond acceptors (Lipinski definition) is 5. The largest absolute Gasteiger partial charge is 0.491 e. The number of carbonyl (C=O) groups excluding carboxylic acids is 1. The third-order valence-corrected chi connectivity index (χ3v) is 6.44. The summed E-state index contributed by atoms with van der Waals surface area (Å²) < 4.78 is 17.8. The Morgan fingerprint density at radius 3 is 2.59 bits per heavy atom. The van der Waals surface area contributed by atoms with Gasteiger partial charge in [0.2, 0.25) is 0 Å². The average Bonchev–Trinajstić information content (AvgIpc) is 3.40. The van der Waals surface area contributed by atoms with E-state index < -0.39 is 0 Å². The standard InChI is InChI=1S/C27H30N2O4.ClH/c1-2-31-26-23(12-9-20-5-3-15-28-25(20)26)19-7-10-21(11-8-19)33-22-13-16-29(17-14-22)27(30)24-6-4-18-32-24;/h3,5,7-12,15,22,24H,2,4,6,13-14,16-18H2,1H3;1H/t24-;/m1./s1. The Hall–Kier alpha value is -2.83. The first-order valence-corrected chi connectivity index (χ1v) is 11.9. The van der Waals surface area contributed by atoms with Crippen LogP contribution in [0.2, 0.25) is 0 Å². The van der Waals surface area contributed by atoms with Gasteiger partial charge < -0.3 is 19.1 Å². The number of aromatic nitrogens is 1. The maximum absolute atomic E-state index is 12.5. The lowest BCUT2D eigenvalue weighted by molar-refractivity contribution is -0.142. The number of halogens is 1. The number of amides is 1. The normalized spacial score (nSPS) is 18.5. The van der Waals surface area contributed by atoms with Crippen molar-refractivity contribution < 1.29 is 19.0 Å². The van der Waals surface area contributed by atoms with Crippen LogP contribution in [-0.2, 0) is 9.53 Å². The van der Waals surface area contributed by atoms with Gasteiger partial charge in [-0.05, 0) is 49.6 Å². The molecule has 34 heavy (non-hydrogen) atoms. The van der Waals surface area contributed by atoms with Crippen molar-refractivity contribution in [1.82, 2.24) is 9.88 Å². The summed E-state index contributed by atoms with van der Waals surface area (Å²) in [5.74, 6) is 1.80. The Balaban J connectivity index is 0.00000274. The Kier molecular flexibility index (Phi) is 7.91. The van der Waals surface area contributed by atoms with E-state index in [4.69, 9.17) is 14.2 Å². The topological polar surface area (TPSA) is 60.9 Å². The quantitative estimate of drug-likeness (QED) is 0.479. The molecule has 0 spiro atoms. The minimum Gasteiger partial charge on any atom is -0.491 e. The SMILES string of the molecule is CCOc1c(-c2ccc(OC3CCN(C(=O)[C@H]4CCCO4)CC3)cc2)ccc2cccnc12.Cl. The number of piperidine rings is 1. The fourth-order valence-corrected chi connectivity index (χ4v) is 4.71. The summed E-state index contributed by atoms with van der Waals surface area (Å²) in [4.78, 5) is 19.0. The van der Waals surface area contributed by atoms with Crippen molar-refractivity contribution in [3.8, 4) is 22.6 Å². The van der Waals surface area contributed by atoms with Gasteiger partial charge in [-0.2, -0.15) is 0 Å². The maximum atomic E-state index is 12.5. The van der Waals surface area contributed by atoms with Crippen LogP contribution in [-0.4, -0.2) is 54.3 Å². The van der Waals surface area contributed by atoms with Crippen LogP contribution in [0.25, 0.3) is 22.0 Å². The number of fused-ring (bicyclic) bond motifs is 1. The Morgan fingerprint density at radius 1 is 1.09 bits per heavy atom. The molecule has 0 unspecified atom stereocenters. The number of carbonyl (C=O) groups is 1. The van der Waals surface area contributed by atoms with Crippen LogP contribution >= 0.6 is 12.4 Å². The van der Waals surface area contributed by atoms with Gasteiger partial charge in [0.05, 0.1) is 6.61 Å². The zero-order chi connectivity index (χ0) is 22.6. The van der Waals surface area contributed by atoms with Gasteiger partial charge in [-0.1, -0.05) is 24.3 Å². The Bertz CT molecular complexity index is 1110. The molecule has 6 nitrogen and oxygen atoms in total. The minimum atomic E-state index is -0.234. The molecule has 180 valence electrons. The highest BCUT2D eigenvalue weighted by Crippen LogP contribution is 2.36. The lowest BCUT2D eigenvalue weighted by Gasteiger charge is -2.33. The van der Waals surface area contributed by atoms with Crippen molar-refractivity contribution in [1.29, 1.82) is 0 Å². The molecule has 2 aliphatic rings. The lowest BCUT2D eigenvalue weighted by Crippen LogP contribution is -2.45. The number of pyridine rings is 1. The number of likely N-dealkylation sites (tertiary alicyclic amines) is 1. The van der Waals surface area contributed by atoms with E-state index >= 15 is 0 Å². The fourth-order valence-electron chi connectivity index (χ4n) is 4.71. The van der Waals surface area contributed by atoms with Gasteiger partial charge in [0.25, 0.3) is 5.91 Å². The number of hydrogen-bond donors (Lipinski definition) is 0. The first-order valence-electron chi connectivity index (χ1n) is 11.9. The van der Waals surface area contributed by atoms with Crippen LogP contribution in [0.15, 0.2) is 54.7 Å². The van der Waals surface area contributed by atoms with Crippen molar-refractivity contribution in [2.45, 2.75) is 44.8 Å². The summed E-state index contributed by atoms with van der Waals surface area (Å²) in [6.45, 7) is 4.72. The summed E-state index contributed by atoms with van der Waals surface area (Å²) in [5.41, 5.74) is 2.97.